The second-order valence-electron chi connectivity index (χ2n) is 5.65. The number of amides is 2. The van der Waals surface area contributed by atoms with Crippen molar-refractivity contribution < 1.29 is 14.4 Å². The maximum absolute atomic E-state index is 12.3. The minimum Gasteiger partial charge on any atom is -0.374 e. The van der Waals surface area contributed by atoms with Crippen molar-refractivity contribution in [1.82, 2.24) is 5.32 Å². The summed E-state index contributed by atoms with van der Waals surface area (Å²) in [5, 5.41) is 8.39. The third-order valence-corrected chi connectivity index (χ3v) is 3.66. The monoisotopic (exact) mass is 339 g/mol. The molecule has 0 aromatic heterocycles. The van der Waals surface area contributed by atoms with E-state index in [0.29, 0.717) is 22.5 Å². The largest absolute Gasteiger partial charge is 0.374 e. The van der Waals surface area contributed by atoms with E-state index in [9.17, 15) is 14.4 Å². The lowest BCUT2D eigenvalue weighted by Crippen LogP contribution is -2.32. The number of nitrogens with one attached hydrogen (secondary N) is 3. The zero-order valence-electron chi connectivity index (χ0n) is 14.4. The Morgan fingerprint density at radius 3 is 2.16 bits per heavy atom. The van der Waals surface area contributed by atoms with Crippen molar-refractivity contribution in [2.24, 2.45) is 0 Å². The number of ketones is 1. The molecule has 0 radical (unpaired) electrons. The van der Waals surface area contributed by atoms with E-state index >= 15 is 0 Å². The van der Waals surface area contributed by atoms with E-state index in [4.69, 9.17) is 0 Å². The van der Waals surface area contributed by atoms with Crippen molar-refractivity contribution in [3.8, 4) is 0 Å². The van der Waals surface area contributed by atoms with Gasteiger partial charge in [0.15, 0.2) is 5.78 Å². The molecule has 0 saturated carbocycles. The Labute approximate surface area is 146 Å². The van der Waals surface area contributed by atoms with Crippen molar-refractivity contribution in [2.45, 2.75) is 19.9 Å². The van der Waals surface area contributed by atoms with Crippen LogP contribution in [0.1, 0.15) is 34.6 Å². The van der Waals surface area contributed by atoms with Crippen LogP contribution >= 0.6 is 0 Å². The standard InChI is InChI=1S/C19H21N3O3/c1-12(21-16-8-5-7-15(11-16)19(25)20-3)18(24)22-17-9-4-6-14(10-17)13(2)23/h4-12,21H,1-3H3,(H,20,25)(H,22,24). The summed E-state index contributed by atoms with van der Waals surface area (Å²) < 4.78 is 0. The molecule has 0 fully saturated rings. The normalized spacial score (nSPS) is 11.3. The van der Waals surface area contributed by atoms with Gasteiger partial charge in [0.1, 0.15) is 6.04 Å². The zero-order chi connectivity index (χ0) is 18.4. The summed E-state index contributed by atoms with van der Waals surface area (Å²) >= 11 is 0. The average Bonchev–Trinajstić information content (AvgIpc) is 2.61. The van der Waals surface area contributed by atoms with Crippen molar-refractivity contribution in [2.75, 3.05) is 17.7 Å². The number of rotatable bonds is 6. The summed E-state index contributed by atoms with van der Waals surface area (Å²) in [6.07, 6.45) is 0. The molecule has 0 aliphatic heterocycles. The third kappa shape index (κ3) is 4.91. The molecule has 0 bridgehead atoms. The highest BCUT2D eigenvalue weighted by atomic mass is 16.2. The van der Waals surface area contributed by atoms with Crippen LogP contribution in [0.2, 0.25) is 0 Å². The van der Waals surface area contributed by atoms with Gasteiger partial charge in [0.05, 0.1) is 0 Å². The lowest BCUT2D eigenvalue weighted by atomic mass is 10.1. The molecule has 0 heterocycles. The van der Waals surface area contributed by atoms with E-state index in [1.807, 2.05) is 0 Å². The van der Waals surface area contributed by atoms with Gasteiger partial charge >= 0.3 is 0 Å². The number of Topliss-reactive ketones (excluding diaryl/α,β-unsaturated/α-hetero) is 1. The molecule has 0 saturated heterocycles. The molecular weight excluding hydrogens is 318 g/mol. The molecule has 0 spiro atoms. The molecule has 130 valence electrons. The van der Waals surface area contributed by atoms with Crippen LogP contribution in [-0.4, -0.2) is 30.7 Å². The molecular formula is C19H21N3O3. The van der Waals surface area contributed by atoms with Crippen LogP contribution in [0, 0.1) is 0 Å². The predicted molar refractivity (Wildman–Crippen MR) is 98.0 cm³/mol. The topological polar surface area (TPSA) is 87.3 Å². The Bertz CT molecular complexity index is 802. The van der Waals surface area contributed by atoms with Crippen LogP contribution in [0.25, 0.3) is 0 Å². The predicted octanol–water partition coefficient (Wildman–Crippen LogP) is 2.69. The molecule has 6 nitrogen and oxygen atoms in total. The molecule has 25 heavy (non-hydrogen) atoms. The fourth-order valence-corrected chi connectivity index (χ4v) is 2.28. The van der Waals surface area contributed by atoms with E-state index in [0.717, 1.165) is 0 Å². The molecule has 2 rings (SSSR count). The van der Waals surface area contributed by atoms with E-state index in [1.165, 1.54) is 6.92 Å². The first-order valence-corrected chi connectivity index (χ1v) is 7.91. The molecule has 6 heteroatoms. The fraction of sp³-hybridized carbons (Fsp3) is 0.211. The van der Waals surface area contributed by atoms with Gasteiger partial charge in [0.25, 0.3) is 5.91 Å². The maximum Gasteiger partial charge on any atom is 0.251 e. The summed E-state index contributed by atoms with van der Waals surface area (Å²) in [7, 11) is 1.56. The Morgan fingerprint density at radius 2 is 1.52 bits per heavy atom. The molecule has 1 unspecified atom stereocenters. The maximum atomic E-state index is 12.3. The van der Waals surface area contributed by atoms with Crippen molar-refractivity contribution in [3.63, 3.8) is 0 Å². The minimum atomic E-state index is -0.527. The van der Waals surface area contributed by atoms with Crippen LogP contribution in [0.4, 0.5) is 11.4 Å². The number of hydrogen-bond donors (Lipinski definition) is 3. The quantitative estimate of drug-likeness (QED) is 0.706. The highest BCUT2D eigenvalue weighted by molar-refractivity contribution is 5.99. The first kappa shape index (κ1) is 18.2. The van der Waals surface area contributed by atoms with E-state index < -0.39 is 6.04 Å². The van der Waals surface area contributed by atoms with Crippen LogP contribution in [-0.2, 0) is 4.79 Å². The van der Waals surface area contributed by atoms with E-state index in [1.54, 1.807) is 62.5 Å². The average molecular weight is 339 g/mol. The number of benzene rings is 2. The van der Waals surface area contributed by atoms with E-state index in [2.05, 4.69) is 16.0 Å². The van der Waals surface area contributed by atoms with Crippen molar-refractivity contribution in [3.05, 3.63) is 59.7 Å². The van der Waals surface area contributed by atoms with E-state index in [-0.39, 0.29) is 17.6 Å². The molecule has 3 N–H and O–H groups in total. The minimum absolute atomic E-state index is 0.0618. The van der Waals surface area contributed by atoms with Crippen molar-refractivity contribution in [1.29, 1.82) is 0 Å². The molecule has 2 amide bonds. The second-order valence-corrected chi connectivity index (χ2v) is 5.65. The lowest BCUT2D eigenvalue weighted by Gasteiger charge is -2.16. The van der Waals surface area contributed by atoms with Gasteiger partial charge in [-0.15, -0.1) is 0 Å². The summed E-state index contributed by atoms with van der Waals surface area (Å²) in [6, 6.07) is 13.2. The van der Waals surface area contributed by atoms with Gasteiger partial charge < -0.3 is 16.0 Å². The van der Waals surface area contributed by atoms with Gasteiger partial charge in [-0.2, -0.15) is 0 Å². The number of hydrogen-bond acceptors (Lipinski definition) is 4. The Morgan fingerprint density at radius 1 is 0.920 bits per heavy atom. The van der Waals surface area contributed by atoms with Gasteiger partial charge in [-0.3, -0.25) is 14.4 Å². The number of anilines is 2. The van der Waals surface area contributed by atoms with Gasteiger partial charge in [0, 0.05) is 29.5 Å². The first-order chi connectivity index (χ1) is 11.9. The second kappa shape index (κ2) is 8.10. The van der Waals surface area contributed by atoms with Gasteiger partial charge in [-0.25, -0.2) is 0 Å². The summed E-state index contributed by atoms with van der Waals surface area (Å²) in [6.45, 7) is 3.20. The molecule has 0 aliphatic rings. The summed E-state index contributed by atoms with van der Waals surface area (Å²) in [4.78, 5) is 35.4. The first-order valence-electron chi connectivity index (χ1n) is 7.91. The smallest absolute Gasteiger partial charge is 0.251 e. The summed E-state index contributed by atoms with van der Waals surface area (Å²) in [5.41, 5.74) is 2.28. The SMILES string of the molecule is CNC(=O)c1cccc(NC(C)C(=O)Nc2cccc(C(C)=O)c2)c1. The zero-order valence-corrected chi connectivity index (χ0v) is 14.4. The molecule has 1 atom stereocenters. The third-order valence-electron chi connectivity index (χ3n) is 3.66. The molecule has 2 aromatic carbocycles. The van der Waals surface area contributed by atoms with Crippen LogP contribution in [0.15, 0.2) is 48.5 Å². The lowest BCUT2D eigenvalue weighted by molar-refractivity contribution is -0.116. The van der Waals surface area contributed by atoms with Crippen LogP contribution < -0.4 is 16.0 Å². The Balaban J connectivity index is 2.04. The molecule has 0 aliphatic carbocycles. The van der Waals surface area contributed by atoms with Gasteiger partial charge in [0.2, 0.25) is 5.91 Å². The fourth-order valence-electron chi connectivity index (χ4n) is 2.28. The van der Waals surface area contributed by atoms with Gasteiger partial charge in [-0.05, 0) is 44.2 Å². The van der Waals surface area contributed by atoms with Crippen LogP contribution in [0.5, 0.6) is 0 Å². The Hall–Kier alpha value is -3.15. The number of carbonyl (C=O) groups excluding carboxylic acids is 3. The highest BCUT2D eigenvalue weighted by Gasteiger charge is 2.14. The van der Waals surface area contributed by atoms with Crippen molar-refractivity contribution >= 4 is 29.0 Å². The van der Waals surface area contributed by atoms with Crippen LogP contribution in [0.3, 0.4) is 0 Å². The van der Waals surface area contributed by atoms with Gasteiger partial charge in [-0.1, -0.05) is 18.2 Å². The summed E-state index contributed by atoms with van der Waals surface area (Å²) in [5.74, 6) is -0.499. The highest BCUT2D eigenvalue weighted by Crippen LogP contribution is 2.14. The molecule has 2 aromatic rings. The Kier molecular flexibility index (Phi) is 5.89. The number of carbonyl (C=O) groups is 3.